The molecule has 2 aliphatic rings. The predicted molar refractivity (Wildman–Crippen MR) is 115 cm³/mol. The van der Waals surface area contributed by atoms with Crippen LogP contribution < -0.4 is 0 Å². The summed E-state index contributed by atoms with van der Waals surface area (Å²) in [6.07, 6.45) is 0. The van der Waals surface area contributed by atoms with Crippen LogP contribution in [0, 0.1) is 5.82 Å². The molecule has 9 heteroatoms. The highest BCUT2D eigenvalue weighted by Gasteiger charge is 2.53. The highest BCUT2D eigenvalue weighted by atomic mass is 35.5. The van der Waals surface area contributed by atoms with Crippen LogP contribution in [0.25, 0.3) is 0 Å². The van der Waals surface area contributed by atoms with Gasteiger partial charge in [-0.3, -0.25) is 14.6 Å². The molecule has 3 amide bonds. The monoisotopic (exact) mass is 445 g/mol. The van der Waals surface area contributed by atoms with Crippen molar-refractivity contribution in [2.75, 3.05) is 14.1 Å². The van der Waals surface area contributed by atoms with E-state index in [2.05, 4.69) is 4.99 Å². The number of hydrogen-bond acceptors (Lipinski definition) is 4. The molecule has 1 atom stereocenters. The molecule has 2 heterocycles. The highest BCUT2D eigenvalue weighted by molar-refractivity contribution is 8.13. The minimum absolute atomic E-state index is 0.294. The molecule has 6 nitrogen and oxygen atoms in total. The number of amidine groups is 2. The molecule has 30 heavy (non-hydrogen) atoms. The van der Waals surface area contributed by atoms with Gasteiger partial charge >= 0.3 is 11.2 Å². The quantitative estimate of drug-likeness (QED) is 0.676. The molecule has 2 aliphatic heterocycles. The van der Waals surface area contributed by atoms with Crippen LogP contribution in [0.4, 0.5) is 9.18 Å². The zero-order valence-corrected chi connectivity index (χ0v) is 18.0. The first-order valence-corrected chi connectivity index (χ1v) is 10.6. The number of imide groups is 1. The minimum Gasteiger partial charge on any atom is -0.269 e. The second-order valence-electron chi connectivity index (χ2n) is 7.03. The van der Waals surface area contributed by atoms with Crippen LogP contribution in [0.5, 0.6) is 0 Å². The third kappa shape index (κ3) is 3.73. The number of aliphatic imine (C=N–C) groups is 1. The zero-order chi connectivity index (χ0) is 21.4. The zero-order valence-electron chi connectivity index (χ0n) is 16.4. The molecular formula is C21H19ClFN4O2S+. The lowest BCUT2D eigenvalue weighted by atomic mass is 10.1. The van der Waals surface area contributed by atoms with Gasteiger partial charge in [0, 0.05) is 30.4 Å². The van der Waals surface area contributed by atoms with Gasteiger partial charge in [0.25, 0.3) is 17.8 Å². The Labute approximate surface area is 182 Å². The second kappa shape index (κ2) is 8.20. The van der Waals surface area contributed by atoms with Gasteiger partial charge in [0.05, 0.1) is 0 Å². The Morgan fingerprint density at radius 3 is 2.50 bits per heavy atom. The molecule has 1 fully saturated rings. The van der Waals surface area contributed by atoms with E-state index in [1.54, 1.807) is 25.2 Å². The summed E-state index contributed by atoms with van der Waals surface area (Å²) < 4.78 is 15.1. The van der Waals surface area contributed by atoms with Crippen molar-refractivity contribution in [3.05, 3.63) is 70.5 Å². The molecule has 0 spiro atoms. The molecular weight excluding hydrogens is 427 g/mol. The normalized spacial score (nSPS) is 18.8. The molecule has 2 aromatic rings. The topological polar surface area (TPSA) is 56.0 Å². The van der Waals surface area contributed by atoms with Crippen molar-refractivity contribution < 1.29 is 18.6 Å². The van der Waals surface area contributed by atoms with E-state index in [4.69, 9.17) is 11.6 Å². The third-order valence-electron chi connectivity index (χ3n) is 5.07. The lowest BCUT2D eigenvalue weighted by molar-refractivity contribution is -0.548. The molecule has 0 aromatic heterocycles. The first kappa shape index (κ1) is 20.6. The average Bonchev–Trinajstić information content (AvgIpc) is 3.10. The van der Waals surface area contributed by atoms with Gasteiger partial charge in [-0.2, -0.15) is 0 Å². The molecule has 4 rings (SSSR count). The predicted octanol–water partition coefficient (Wildman–Crippen LogP) is 3.59. The summed E-state index contributed by atoms with van der Waals surface area (Å²) in [5.74, 6) is 0.315. The fourth-order valence-electron chi connectivity index (χ4n) is 3.39. The maximum atomic E-state index is 13.2. The lowest BCUT2D eigenvalue weighted by Gasteiger charge is -2.30. The summed E-state index contributed by atoms with van der Waals surface area (Å²) in [7, 11) is 3.08. The summed E-state index contributed by atoms with van der Waals surface area (Å²) in [5.41, 5.74) is 1.78. The second-order valence-corrected chi connectivity index (χ2v) is 8.38. The highest BCUT2D eigenvalue weighted by Crippen LogP contribution is 2.27. The van der Waals surface area contributed by atoms with Crippen molar-refractivity contribution in [3.63, 3.8) is 0 Å². The Morgan fingerprint density at radius 1 is 1.10 bits per heavy atom. The summed E-state index contributed by atoms with van der Waals surface area (Å²) in [4.78, 5) is 32.5. The van der Waals surface area contributed by atoms with Crippen LogP contribution >= 0.6 is 23.4 Å². The molecule has 0 N–H and O–H groups in total. The molecule has 0 radical (unpaired) electrons. The number of carbonyl (C=O) groups excluding carboxylic acids is 2. The van der Waals surface area contributed by atoms with Crippen LogP contribution in [0.15, 0.2) is 53.5 Å². The van der Waals surface area contributed by atoms with Crippen molar-refractivity contribution in [1.82, 2.24) is 9.80 Å². The van der Waals surface area contributed by atoms with Crippen molar-refractivity contribution in [2.24, 2.45) is 4.99 Å². The van der Waals surface area contributed by atoms with Crippen LogP contribution in [0.1, 0.15) is 11.1 Å². The maximum Gasteiger partial charge on any atom is 0.358 e. The van der Waals surface area contributed by atoms with Gasteiger partial charge in [0.2, 0.25) is 0 Å². The Balaban J connectivity index is 1.70. The third-order valence-corrected chi connectivity index (χ3v) is 6.50. The van der Waals surface area contributed by atoms with E-state index >= 15 is 0 Å². The lowest BCUT2D eigenvalue weighted by Crippen LogP contribution is -2.61. The van der Waals surface area contributed by atoms with E-state index in [0.717, 1.165) is 16.0 Å². The Hall–Kier alpha value is -2.71. The standard InChI is InChI=1S/C21H19ClFN4O2S/c1-25-18-17(19(28)26(2)21(25)29)27(11-14-5-3-4-6-16(14)22)20(24-18)30-12-13-7-9-15(23)10-8-13/h3-10,17H,11-12H2,1-2H3/q+1. The van der Waals surface area contributed by atoms with E-state index in [9.17, 15) is 14.0 Å². The fraction of sp³-hybridized carbons (Fsp3) is 0.238. The van der Waals surface area contributed by atoms with Gasteiger partial charge in [0.1, 0.15) is 12.4 Å². The van der Waals surface area contributed by atoms with E-state index in [1.165, 1.54) is 35.8 Å². The van der Waals surface area contributed by atoms with E-state index in [0.29, 0.717) is 28.3 Å². The number of urea groups is 1. The average molecular weight is 446 g/mol. The van der Waals surface area contributed by atoms with Crippen molar-refractivity contribution in [3.8, 4) is 0 Å². The largest absolute Gasteiger partial charge is 0.358 e. The van der Waals surface area contributed by atoms with E-state index < -0.39 is 12.1 Å². The fourth-order valence-corrected chi connectivity index (χ4v) is 4.57. The van der Waals surface area contributed by atoms with E-state index in [-0.39, 0.29) is 11.7 Å². The summed E-state index contributed by atoms with van der Waals surface area (Å²) in [6.45, 7) is 0.366. The first-order valence-electron chi connectivity index (χ1n) is 9.25. The number of nitrogens with zero attached hydrogens (tertiary/aromatic N) is 4. The number of halogens is 2. The maximum absolute atomic E-state index is 13.2. The number of fused-ring (bicyclic) bond motifs is 1. The van der Waals surface area contributed by atoms with E-state index in [1.807, 2.05) is 22.8 Å². The number of thioether (sulfide) groups is 1. The van der Waals surface area contributed by atoms with Crippen molar-refractivity contribution >= 4 is 46.3 Å². The summed E-state index contributed by atoms with van der Waals surface area (Å²) >= 11 is 7.78. The van der Waals surface area contributed by atoms with Gasteiger partial charge in [0.15, 0.2) is 0 Å². The molecule has 0 bridgehead atoms. The smallest absolute Gasteiger partial charge is 0.269 e. The number of hydrogen-bond donors (Lipinski definition) is 0. The summed E-state index contributed by atoms with van der Waals surface area (Å²) in [5, 5.41) is 1.21. The molecule has 2 aromatic carbocycles. The van der Waals surface area contributed by atoms with Crippen LogP contribution in [-0.4, -0.2) is 57.5 Å². The van der Waals surface area contributed by atoms with Gasteiger partial charge < -0.3 is 0 Å². The van der Waals surface area contributed by atoms with Crippen LogP contribution in [-0.2, 0) is 17.1 Å². The van der Waals surface area contributed by atoms with Gasteiger partial charge in [-0.25, -0.2) is 13.8 Å². The van der Waals surface area contributed by atoms with Crippen molar-refractivity contribution in [1.29, 1.82) is 0 Å². The Kier molecular flexibility index (Phi) is 5.62. The summed E-state index contributed by atoms with van der Waals surface area (Å²) in [6, 6.07) is 12.5. The van der Waals surface area contributed by atoms with Crippen LogP contribution in [0.3, 0.4) is 0 Å². The number of carbonyl (C=O) groups is 2. The Morgan fingerprint density at radius 2 is 1.80 bits per heavy atom. The number of benzene rings is 2. The first-order chi connectivity index (χ1) is 14.4. The molecule has 1 saturated heterocycles. The molecule has 154 valence electrons. The minimum atomic E-state index is -0.704. The number of rotatable bonds is 4. The van der Waals surface area contributed by atoms with Crippen molar-refractivity contribution in [2.45, 2.75) is 18.3 Å². The van der Waals surface area contributed by atoms with Gasteiger partial charge in [-0.1, -0.05) is 41.9 Å². The van der Waals surface area contributed by atoms with Gasteiger partial charge in [-0.05, 0) is 40.5 Å². The Bertz CT molecular complexity index is 1090. The molecule has 0 aliphatic carbocycles. The molecule has 1 unspecified atom stereocenters. The number of likely N-dealkylation sites (N-methyl/N-ethyl adjacent to an activating group) is 2. The molecule has 0 saturated carbocycles. The van der Waals surface area contributed by atoms with Gasteiger partial charge in [-0.15, -0.1) is 0 Å². The van der Waals surface area contributed by atoms with Crippen LogP contribution in [0.2, 0.25) is 5.02 Å². The number of amides is 3. The SMILES string of the molecule is CN1C(=O)C2C(=NC(SCc3ccc(F)cc3)=[N+]2Cc2ccccc2Cl)N(C)C1=O.